The molecule has 0 spiro atoms. The van der Waals surface area contributed by atoms with Crippen LogP contribution in [0.3, 0.4) is 0 Å². The molecule has 4 heteroatoms. The number of rotatable bonds is 7. The van der Waals surface area contributed by atoms with Gasteiger partial charge in [-0.2, -0.15) is 0 Å². The average Bonchev–Trinajstić information content (AvgIpc) is 3.01. The van der Waals surface area contributed by atoms with Crippen molar-refractivity contribution in [1.82, 2.24) is 4.90 Å². The first kappa shape index (κ1) is 18.0. The van der Waals surface area contributed by atoms with E-state index in [4.69, 9.17) is 9.47 Å². The molecule has 0 bridgehead atoms. The average molecular weight is 319 g/mol. The fourth-order valence-corrected chi connectivity index (χ4v) is 3.10. The lowest BCUT2D eigenvalue weighted by atomic mass is 9.92. The smallest absolute Gasteiger partial charge is 0.230 e. The van der Waals surface area contributed by atoms with Gasteiger partial charge >= 0.3 is 0 Å². The summed E-state index contributed by atoms with van der Waals surface area (Å²) in [5.41, 5.74) is 1.87. The van der Waals surface area contributed by atoms with Crippen molar-refractivity contribution in [1.29, 1.82) is 0 Å². The highest BCUT2D eigenvalue weighted by molar-refractivity contribution is 5.82. The van der Waals surface area contributed by atoms with Gasteiger partial charge in [-0.25, -0.2) is 0 Å². The van der Waals surface area contributed by atoms with Crippen molar-refractivity contribution in [2.45, 2.75) is 46.3 Å². The number of nitrogens with zero attached hydrogens (tertiary/aromatic N) is 1. The zero-order valence-electron chi connectivity index (χ0n) is 14.8. The molecule has 1 fully saturated rings. The second-order valence-electron chi connectivity index (χ2n) is 7.06. The van der Waals surface area contributed by atoms with Crippen molar-refractivity contribution >= 4 is 5.91 Å². The highest BCUT2D eigenvalue weighted by Crippen LogP contribution is 2.24. The van der Waals surface area contributed by atoms with Gasteiger partial charge in [-0.15, -0.1) is 0 Å². The molecule has 0 radical (unpaired) electrons. The molecule has 0 saturated carbocycles. The molecule has 4 nitrogen and oxygen atoms in total. The number of carbonyl (C=O) groups is 1. The Hall–Kier alpha value is -1.39. The summed E-state index contributed by atoms with van der Waals surface area (Å²) in [6, 6.07) is 8.23. The van der Waals surface area contributed by atoms with E-state index in [2.05, 4.69) is 19.1 Å². The summed E-state index contributed by atoms with van der Waals surface area (Å²) in [5.74, 6) is 0.123. The molecule has 0 aliphatic carbocycles. The van der Waals surface area contributed by atoms with Gasteiger partial charge in [0.15, 0.2) is 0 Å². The summed E-state index contributed by atoms with van der Waals surface area (Å²) in [6.07, 6.45) is 2.27. The minimum absolute atomic E-state index is 0.123. The monoisotopic (exact) mass is 319 g/mol. The Kier molecular flexibility index (Phi) is 6.19. The van der Waals surface area contributed by atoms with Crippen LogP contribution in [0.15, 0.2) is 24.3 Å². The van der Waals surface area contributed by atoms with Crippen LogP contribution in [0.5, 0.6) is 0 Å². The van der Waals surface area contributed by atoms with Gasteiger partial charge in [-0.3, -0.25) is 4.79 Å². The van der Waals surface area contributed by atoms with Crippen molar-refractivity contribution < 1.29 is 14.3 Å². The Morgan fingerprint density at radius 2 is 2.13 bits per heavy atom. The number of hydrogen-bond acceptors (Lipinski definition) is 3. The third-order valence-corrected chi connectivity index (χ3v) is 4.44. The van der Waals surface area contributed by atoms with E-state index in [1.54, 1.807) is 7.11 Å². The van der Waals surface area contributed by atoms with Crippen molar-refractivity contribution in [2.75, 3.05) is 26.9 Å². The molecular formula is C19H29NO3. The molecule has 0 N–H and O–H groups in total. The SMILES string of the molecule is COCC(C)(C)C(=O)N(Cc1ccccc1C)C[C@@H]1CCCO1. The van der Waals surface area contributed by atoms with Gasteiger partial charge in [0.25, 0.3) is 0 Å². The molecule has 2 rings (SSSR count). The number of methoxy groups -OCH3 is 1. The molecule has 0 aromatic heterocycles. The summed E-state index contributed by atoms with van der Waals surface area (Å²) in [5, 5.41) is 0. The lowest BCUT2D eigenvalue weighted by Gasteiger charge is -2.33. The fourth-order valence-electron chi connectivity index (χ4n) is 3.10. The Bertz CT molecular complexity index is 521. The normalized spacial score (nSPS) is 18.2. The van der Waals surface area contributed by atoms with Gasteiger partial charge in [0.2, 0.25) is 5.91 Å². The first-order valence-corrected chi connectivity index (χ1v) is 8.38. The van der Waals surface area contributed by atoms with Crippen LogP contribution in [0.25, 0.3) is 0 Å². The molecule has 23 heavy (non-hydrogen) atoms. The molecule has 1 heterocycles. The molecule has 1 aliphatic heterocycles. The summed E-state index contributed by atoms with van der Waals surface area (Å²) in [4.78, 5) is 15.0. The van der Waals surface area contributed by atoms with Gasteiger partial charge in [0.05, 0.1) is 18.1 Å². The minimum Gasteiger partial charge on any atom is -0.384 e. The number of benzene rings is 1. The minimum atomic E-state index is -0.532. The first-order valence-electron chi connectivity index (χ1n) is 8.38. The Morgan fingerprint density at radius 1 is 1.39 bits per heavy atom. The van der Waals surface area contributed by atoms with Crippen LogP contribution >= 0.6 is 0 Å². The van der Waals surface area contributed by atoms with Crippen molar-refractivity contribution in [3.63, 3.8) is 0 Å². The zero-order chi connectivity index (χ0) is 16.9. The van der Waals surface area contributed by atoms with Gasteiger partial charge < -0.3 is 14.4 Å². The number of carbonyl (C=O) groups excluding carboxylic acids is 1. The molecule has 1 aromatic rings. The van der Waals surface area contributed by atoms with Gasteiger partial charge in [0, 0.05) is 26.8 Å². The van der Waals surface area contributed by atoms with E-state index in [0.717, 1.165) is 19.4 Å². The van der Waals surface area contributed by atoms with E-state index in [0.29, 0.717) is 19.7 Å². The predicted octanol–water partition coefficient (Wildman–Crippen LogP) is 3.18. The van der Waals surface area contributed by atoms with Gasteiger partial charge in [-0.05, 0) is 44.7 Å². The number of amides is 1. The topological polar surface area (TPSA) is 38.8 Å². The van der Waals surface area contributed by atoms with Crippen molar-refractivity contribution in [3.05, 3.63) is 35.4 Å². The van der Waals surface area contributed by atoms with Crippen LogP contribution in [-0.2, 0) is 20.8 Å². The summed E-state index contributed by atoms with van der Waals surface area (Å²) >= 11 is 0. The third-order valence-electron chi connectivity index (χ3n) is 4.44. The van der Waals surface area contributed by atoms with Gasteiger partial charge in [0.1, 0.15) is 0 Å². The Balaban J connectivity index is 2.17. The lowest BCUT2D eigenvalue weighted by Crippen LogP contribution is -2.45. The van der Waals surface area contributed by atoms with Gasteiger partial charge in [-0.1, -0.05) is 24.3 Å². The van der Waals surface area contributed by atoms with E-state index in [9.17, 15) is 4.79 Å². The van der Waals surface area contributed by atoms with Crippen LogP contribution in [0.4, 0.5) is 0 Å². The maximum absolute atomic E-state index is 13.0. The highest BCUT2D eigenvalue weighted by atomic mass is 16.5. The standard InChI is InChI=1S/C19H29NO3/c1-15-8-5-6-9-16(15)12-20(13-17-10-7-11-23-17)18(21)19(2,3)14-22-4/h5-6,8-9,17H,7,10-14H2,1-4H3/t17-/m0/s1. The number of aryl methyl sites for hydroxylation is 1. The van der Waals surface area contributed by atoms with E-state index < -0.39 is 5.41 Å². The Morgan fingerprint density at radius 3 is 2.74 bits per heavy atom. The van der Waals surface area contributed by atoms with Crippen molar-refractivity contribution in [2.24, 2.45) is 5.41 Å². The lowest BCUT2D eigenvalue weighted by molar-refractivity contribution is -0.145. The van der Waals surface area contributed by atoms with E-state index in [1.807, 2.05) is 30.9 Å². The number of ether oxygens (including phenoxy) is 2. The van der Waals surface area contributed by atoms with Crippen LogP contribution in [-0.4, -0.2) is 43.8 Å². The second kappa shape index (κ2) is 7.93. The van der Waals surface area contributed by atoms with Crippen LogP contribution in [0.1, 0.15) is 37.8 Å². The highest BCUT2D eigenvalue weighted by Gasteiger charge is 2.34. The van der Waals surface area contributed by atoms with Crippen LogP contribution in [0.2, 0.25) is 0 Å². The molecule has 1 aliphatic rings. The maximum Gasteiger partial charge on any atom is 0.230 e. The van der Waals surface area contributed by atoms with Crippen molar-refractivity contribution in [3.8, 4) is 0 Å². The molecule has 1 amide bonds. The Labute approximate surface area is 139 Å². The van der Waals surface area contributed by atoms with E-state index in [1.165, 1.54) is 11.1 Å². The quantitative estimate of drug-likeness (QED) is 0.775. The second-order valence-corrected chi connectivity index (χ2v) is 7.06. The first-order chi connectivity index (χ1) is 10.9. The summed E-state index contributed by atoms with van der Waals surface area (Å²) in [6.45, 7) is 8.47. The zero-order valence-corrected chi connectivity index (χ0v) is 14.8. The third kappa shape index (κ3) is 4.79. The van der Waals surface area contributed by atoms with Crippen LogP contribution in [0, 0.1) is 12.3 Å². The maximum atomic E-state index is 13.0. The molecule has 1 atom stereocenters. The largest absolute Gasteiger partial charge is 0.384 e. The van der Waals surface area contributed by atoms with E-state index in [-0.39, 0.29) is 12.0 Å². The van der Waals surface area contributed by atoms with E-state index >= 15 is 0 Å². The fraction of sp³-hybridized carbons (Fsp3) is 0.632. The van der Waals surface area contributed by atoms with Crippen LogP contribution < -0.4 is 0 Å². The number of hydrogen-bond donors (Lipinski definition) is 0. The molecule has 0 unspecified atom stereocenters. The molecule has 1 saturated heterocycles. The summed E-state index contributed by atoms with van der Waals surface area (Å²) in [7, 11) is 1.64. The predicted molar refractivity (Wildman–Crippen MR) is 91.2 cm³/mol. The summed E-state index contributed by atoms with van der Waals surface area (Å²) < 4.78 is 11.0. The molecular weight excluding hydrogens is 290 g/mol. The molecule has 128 valence electrons. The molecule has 1 aromatic carbocycles.